The number of carbonyl (C=O) groups is 1. The average Bonchev–Trinajstić information content (AvgIpc) is 2.31. The van der Waals surface area contributed by atoms with E-state index in [0.717, 1.165) is 12.8 Å². The fourth-order valence-corrected chi connectivity index (χ4v) is 3.41. The number of aliphatic hydroxyl groups excluding tert-OH is 1. The molecule has 0 saturated carbocycles. The lowest BCUT2D eigenvalue weighted by molar-refractivity contribution is -0.324. The molecular weight excluding hydrogens is 298 g/mol. The SMILES string of the molecule is CC(O)CC(C)(C)OOC(=O)OC1CC(C)(C)N(C)C(C)(C)C1. The number of rotatable bonds is 5. The Kier molecular flexibility index (Phi) is 6.10. The second-order valence-corrected chi connectivity index (χ2v) is 8.56. The third-order valence-electron chi connectivity index (χ3n) is 4.66. The van der Waals surface area contributed by atoms with Crippen molar-refractivity contribution in [3.05, 3.63) is 0 Å². The van der Waals surface area contributed by atoms with Crippen molar-refractivity contribution in [3.63, 3.8) is 0 Å². The smallest absolute Gasteiger partial charge is 0.429 e. The van der Waals surface area contributed by atoms with Crippen LogP contribution < -0.4 is 0 Å². The lowest BCUT2D eigenvalue weighted by Crippen LogP contribution is -2.60. The van der Waals surface area contributed by atoms with Gasteiger partial charge in [0.25, 0.3) is 0 Å². The molecule has 0 bridgehead atoms. The molecule has 1 N–H and O–H groups in total. The van der Waals surface area contributed by atoms with E-state index in [9.17, 15) is 9.90 Å². The minimum absolute atomic E-state index is 0.0703. The number of aliphatic hydroxyl groups is 1. The third-order valence-corrected chi connectivity index (χ3v) is 4.66. The Morgan fingerprint density at radius 3 is 2.17 bits per heavy atom. The molecule has 0 spiro atoms. The number of hydrogen-bond donors (Lipinski definition) is 1. The minimum Gasteiger partial charge on any atom is -0.429 e. The summed E-state index contributed by atoms with van der Waals surface area (Å²) in [5.74, 6) is 0. The van der Waals surface area contributed by atoms with Crippen LogP contribution in [0.3, 0.4) is 0 Å². The van der Waals surface area contributed by atoms with Crippen LogP contribution in [-0.2, 0) is 14.5 Å². The van der Waals surface area contributed by atoms with Gasteiger partial charge in [0.05, 0.1) is 6.10 Å². The van der Waals surface area contributed by atoms with Crippen LogP contribution in [0.5, 0.6) is 0 Å². The van der Waals surface area contributed by atoms with Gasteiger partial charge in [-0.15, -0.1) is 0 Å². The van der Waals surface area contributed by atoms with Crippen LogP contribution in [-0.4, -0.2) is 52.1 Å². The molecule has 0 aromatic heterocycles. The third kappa shape index (κ3) is 5.94. The molecule has 0 aromatic carbocycles. The van der Waals surface area contributed by atoms with Gasteiger partial charge < -0.3 is 9.84 Å². The number of ether oxygens (including phenoxy) is 1. The summed E-state index contributed by atoms with van der Waals surface area (Å²) in [6, 6.07) is 0. The molecule has 23 heavy (non-hydrogen) atoms. The van der Waals surface area contributed by atoms with Crippen LogP contribution in [0, 0.1) is 0 Å². The number of likely N-dealkylation sites (tertiary alicyclic amines) is 1. The highest BCUT2D eigenvalue weighted by atomic mass is 17.2. The Balaban J connectivity index is 2.55. The van der Waals surface area contributed by atoms with Crippen molar-refractivity contribution in [3.8, 4) is 0 Å². The van der Waals surface area contributed by atoms with Gasteiger partial charge in [-0.1, -0.05) is 0 Å². The number of nitrogens with zero attached hydrogens (tertiary/aromatic N) is 1. The van der Waals surface area contributed by atoms with Crippen molar-refractivity contribution in [2.75, 3.05) is 7.05 Å². The zero-order chi connectivity index (χ0) is 18.1. The Hall–Kier alpha value is -0.850. The Bertz CT molecular complexity index is 399. The molecular formula is C17H33NO5. The van der Waals surface area contributed by atoms with Crippen molar-refractivity contribution >= 4 is 6.16 Å². The lowest BCUT2D eigenvalue weighted by atomic mass is 9.79. The molecule has 1 heterocycles. The molecule has 6 heteroatoms. The quantitative estimate of drug-likeness (QED) is 0.474. The number of piperidine rings is 1. The molecule has 1 unspecified atom stereocenters. The van der Waals surface area contributed by atoms with Crippen LogP contribution in [0.4, 0.5) is 4.79 Å². The van der Waals surface area contributed by atoms with Gasteiger partial charge in [-0.3, -0.25) is 9.79 Å². The first-order valence-electron chi connectivity index (χ1n) is 8.23. The molecule has 0 aliphatic carbocycles. The van der Waals surface area contributed by atoms with Crippen LogP contribution in [0.25, 0.3) is 0 Å². The molecule has 0 amide bonds. The summed E-state index contributed by atoms with van der Waals surface area (Å²) in [5.41, 5.74) is -0.906. The van der Waals surface area contributed by atoms with Crippen molar-refractivity contribution in [1.82, 2.24) is 4.90 Å². The van der Waals surface area contributed by atoms with Gasteiger partial charge >= 0.3 is 6.16 Å². The second kappa shape index (κ2) is 6.95. The van der Waals surface area contributed by atoms with Crippen LogP contribution in [0.1, 0.15) is 67.7 Å². The summed E-state index contributed by atoms with van der Waals surface area (Å²) in [7, 11) is 2.09. The van der Waals surface area contributed by atoms with Gasteiger partial charge in [0, 0.05) is 30.3 Å². The number of carbonyl (C=O) groups excluding carboxylic acids is 1. The standard InChI is InChI=1S/C17H33NO5/c1-12(19)9-17(6,7)23-22-14(20)21-13-10-15(2,3)18(8)16(4,5)11-13/h12-13,19H,9-11H2,1-8H3. The predicted molar refractivity (Wildman–Crippen MR) is 88.0 cm³/mol. The summed E-state index contributed by atoms with van der Waals surface area (Å²) in [4.78, 5) is 24.1. The zero-order valence-corrected chi connectivity index (χ0v) is 15.8. The maximum absolute atomic E-state index is 11.9. The summed E-state index contributed by atoms with van der Waals surface area (Å²) in [6.07, 6.45) is 0.240. The summed E-state index contributed by atoms with van der Waals surface area (Å²) < 4.78 is 5.44. The summed E-state index contributed by atoms with van der Waals surface area (Å²) >= 11 is 0. The minimum atomic E-state index is -0.829. The number of hydrogen-bond acceptors (Lipinski definition) is 6. The monoisotopic (exact) mass is 331 g/mol. The molecule has 1 atom stereocenters. The van der Waals surface area contributed by atoms with Crippen molar-refractivity contribution in [2.45, 2.75) is 96.6 Å². The van der Waals surface area contributed by atoms with Crippen molar-refractivity contribution < 1.29 is 24.4 Å². The maximum atomic E-state index is 11.9. The normalized spacial score (nSPS) is 23.3. The molecule has 136 valence electrons. The van der Waals surface area contributed by atoms with Crippen molar-refractivity contribution in [2.24, 2.45) is 0 Å². The first-order chi connectivity index (χ1) is 10.3. The first kappa shape index (κ1) is 20.2. The van der Waals surface area contributed by atoms with E-state index < -0.39 is 17.9 Å². The highest BCUT2D eigenvalue weighted by Gasteiger charge is 2.44. The van der Waals surface area contributed by atoms with Crippen LogP contribution >= 0.6 is 0 Å². The van der Waals surface area contributed by atoms with Gasteiger partial charge in [-0.2, -0.15) is 4.89 Å². The van der Waals surface area contributed by atoms with Gasteiger partial charge in [-0.25, -0.2) is 4.79 Å². The van der Waals surface area contributed by atoms with Crippen molar-refractivity contribution in [1.29, 1.82) is 0 Å². The topological polar surface area (TPSA) is 68.2 Å². The second-order valence-electron chi connectivity index (χ2n) is 8.56. The summed E-state index contributed by atoms with van der Waals surface area (Å²) in [5, 5.41) is 9.40. The lowest BCUT2D eigenvalue weighted by Gasteiger charge is -2.52. The molecule has 1 fully saturated rings. The Morgan fingerprint density at radius 1 is 1.26 bits per heavy atom. The zero-order valence-electron chi connectivity index (χ0n) is 15.8. The maximum Gasteiger partial charge on any atom is 0.540 e. The van der Waals surface area contributed by atoms with Gasteiger partial charge in [0.2, 0.25) is 0 Å². The molecule has 1 rings (SSSR count). The van der Waals surface area contributed by atoms with E-state index in [4.69, 9.17) is 14.5 Å². The van der Waals surface area contributed by atoms with E-state index in [1.807, 2.05) is 0 Å². The highest BCUT2D eigenvalue weighted by molar-refractivity contribution is 5.59. The Morgan fingerprint density at radius 2 is 1.74 bits per heavy atom. The fourth-order valence-electron chi connectivity index (χ4n) is 3.41. The highest BCUT2D eigenvalue weighted by Crippen LogP contribution is 2.38. The molecule has 1 aliphatic rings. The first-order valence-corrected chi connectivity index (χ1v) is 8.23. The molecule has 1 aliphatic heterocycles. The molecule has 1 saturated heterocycles. The molecule has 0 radical (unpaired) electrons. The molecule has 0 aromatic rings. The largest absolute Gasteiger partial charge is 0.540 e. The van der Waals surface area contributed by atoms with Gasteiger partial charge in [0.1, 0.15) is 11.7 Å². The van der Waals surface area contributed by atoms with E-state index in [1.54, 1.807) is 20.8 Å². The average molecular weight is 331 g/mol. The van der Waals surface area contributed by atoms with E-state index >= 15 is 0 Å². The Labute approximate surface area is 140 Å². The van der Waals surface area contributed by atoms with E-state index in [1.165, 1.54) is 0 Å². The molecule has 6 nitrogen and oxygen atoms in total. The summed E-state index contributed by atoms with van der Waals surface area (Å²) in [6.45, 7) is 13.7. The van der Waals surface area contributed by atoms with E-state index in [2.05, 4.69) is 39.6 Å². The van der Waals surface area contributed by atoms with Gasteiger partial charge in [0.15, 0.2) is 0 Å². The predicted octanol–water partition coefficient (Wildman–Crippen LogP) is 3.27. The fraction of sp³-hybridized carbons (Fsp3) is 0.941. The van der Waals surface area contributed by atoms with Crippen LogP contribution in [0.15, 0.2) is 0 Å². The van der Waals surface area contributed by atoms with Crippen LogP contribution in [0.2, 0.25) is 0 Å². The van der Waals surface area contributed by atoms with Gasteiger partial charge in [-0.05, 0) is 55.5 Å². The van der Waals surface area contributed by atoms with E-state index in [-0.39, 0.29) is 17.2 Å². The van der Waals surface area contributed by atoms with E-state index in [0.29, 0.717) is 6.42 Å².